The number of hydrogen-bond donors (Lipinski definition) is 2. The molecule has 100 valence electrons. The zero-order chi connectivity index (χ0) is 13.3. The van der Waals surface area contributed by atoms with Crippen molar-refractivity contribution in [2.75, 3.05) is 6.61 Å². The molecule has 2 heterocycles. The Hall–Kier alpha value is -0.960. The number of thiophene rings is 1. The van der Waals surface area contributed by atoms with Gasteiger partial charge < -0.3 is 9.84 Å². The summed E-state index contributed by atoms with van der Waals surface area (Å²) in [5.74, 6) is -1.13. The van der Waals surface area contributed by atoms with Crippen LogP contribution in [-0.4, -0.2) is 38.2 Å². The number of ether oxygens (including phenoxy) is 1. The summed E-state index contributed by atoms with van der Waals surface area (Å²) >= 11 is 0.893. The van der Waals surface area contributed by atoms with Crippen LogP contribution in [0, 0.1) is 0 Å². The summed E-state index contributed by atoms with van der Waals surface area (Å²) in [6, 6.07) is 0.902. The molecule has 0 saturated carbocycles. The van der Waals surface area contributed by atoms with Crippen LogP contribution in [0.4, 0.5) is 0 Å². The number of carbonyl (C=O) groups is 1. The first-order valence-corrected chi connectivity index (χ1v) is 7.72. The van der Waals surface area contributed by atoms with E-state index in [4.69, 9.17) is 9.84 Å². The van der Waals surface area contributed by atoms with Gasteiger partial charge in [0.15, 0.2) is 0 Å². The number of sulfonamides is 1. The molecule has 8 heteroatoms. The van der Waals surface area contributed by atoms with Crippen LogP contribution in [0.3, 0.4) is 0 Å². The lowest BCUT2D eigenvalue weighted by Crippen LogP contribution is -2.38. The molecule has 1 aliphatic rings. The van der Waals surface area contributed by atoms with E-state index < -0.39 is 16.0 Å². The van der Waals surface area contributed by atoms with Crippen molar-refractivity contribution in [1.82, 2.24) is 4.72 Å². The average Bonchev–Trinajstić information content (AvgIpc) is 2.88. The van der Waals surface area contributed by atoms with Crippen LogP contribution in [-0.2, 0) is 14.8 Å². The van der Waals surface area contributed by atoms with Crippen molar-refractivity contribution in [1.29, 1.82) is 0 Å². The Morgan fingerprint density at radius 3 is 2.83 bits per heavy atom. The first kappa shape index (κ1) is 13.5. The minimum Gasteiger partial charge on any atom is -0.477 e. The molecule has 2 N–H and O–H groups in total. The molecule has 1 aliphatic heterocycles. The first-order valence-electron chi connectivity index (χ1n) is 5.36. The standard InChI is InChI=1S/C10H13NO5S2/c1-6-8(2-3-16-6)11-18(14,15)7-4-9(10(12)13)17-5-7/h4-6,8,11H,2-3H2,1H3,(H,12,13). The second-order valence-electron chi connectivity index (χ2n) is 4.04. The van der Waals surface area contributed by atoms with Gasteiger partial charge >= 0.3 is 5.97 Å². The predicted molar refractivity (Wildman–Crippen MR) is 65.4 cm³/mol. The van der Waals surface area contributed by atoms with E-state index in [0.29, 0.717) is 13.0 Å². The lowest BCUT2D eigenvalue weighted by atomic mass is 10.2. The first-order chi connectivity index (χ1) is 8.40. The Morgan fingerprint density at radius 1 is 1.61 bits per heavy atom. The van der Waals surface area contributed by atoms with Crippen molar-refractivity contribution in [2.45, 2.75) is 30.4 Å². The van der Waals surface area contributed by atoms with Crippen molar-refractivity contribution in [3.8, 4) is 0 Å². The second-order valence-corrected chi connectivity index (χ2v) is 6.67. The van der Waals surface area contributed by atoms with Gasteiger partial charge in [0.1, 0.15) is 4.88 Å². The number of rotatable bonds is 4. The molecule has 0 radical (unpaired) electrons. The molecule has 1 fully saturated rings. The van der Waals surface area contributed by atoms with E-state index in [9.17, 15) is 13.2 Å². The van der Waals surface area contributed by atoms with Crippen molar-refractivity contribution < 1.29 is 23.1 Å². The topological polar surface area (TPSA) is 92.7 Å². The maximum Gasteiger partial charge on any atom is 0.345 e. The molecule has 0 spiro atoms. The lowest BCUT2D eigenvalue weighted by Gasteiger charge is -2.15. The predicted octanol–water partition coefficient (Wildman–Crippen LogP) is 0.902. The van der Waals surface area contributed by atoms with E-state index in [0.717, 1.165) is 17.4 Å². The van der Waals surface area contributed by atoms with Crippen molar-refractivity contribution in [2.24, 2.45) is 0 Å². The normalized spacial score (nSPS) is 24.3. The molecule has 0 bridgehead atoms. The third-order valence-corrected chi connectivity index (χ3v) is 5.32. The van der Waals surface area contributed by atoms with Gasteiger partial charge in [-0.05, 0) is 19.4 Å². The van der Waals surface area contributed by atoms with Crippen LogP contribution in [0.2, 0.25) is 0 Å². The van der Waals surface area contributed by atoms with Gasteiger partial charge in [-0.3, -0.25) is 0 Å². The molecule has 1 aromatic heterocycles. The minimum absolute atomic E-state index is 0.00564. The minimum atomic E-state index is -3.67. The van der Waals surface area contributed by atoms with E-state index in [2.05, 4.69) is 4.72 Å². The largest absolute Gasteiger partial charge is 0.477 e. The Labute approximate surface area is 109 Å². The molecule has 0 aliphatic carbocycles. The molecule has 0 aromatic carbocycles. The fraction of sp³-hybridized carbons (Fsp3) is 0.500. The Bertz CT molecular complexity index is 550. The highest BCUT2D eigenvalue weighted by atomic mass is 32.2. The van der Waals surface area contributed by atoms with Crippen LogP contribution in [0.25, 0.3) is 0 Å². The molecule has 0 amide bonds. The highest BCUT2D eigenvalue weighted by Gasteiger charge is 2.29. The Kier molecular flexibility index (Phi) is 3.71. The van der Waals surface area contributed by atoms with Gasteiger partial charge in [0.25, 0.3) is 0 Å². The van der Waals surface area contributed by atoms with Gasteiger partial charge in [0, 0.05) is 12.0 Å². The van der Waals surface area contributed by atoms with E-state index >= 15 is 0 Å². The third-order valence-electron chi connectivity index (χ3n) is 2.78. The van der Waals surface area contributed by atoms with Gasteiger partial charge in [0.05, 0.1) is 17.0 Å². The molecular weight excluding hydrogens is 278 g/mol. The Morgan fingerprint density at radius 2 is 2.33 bits per heavy atom. The highest BCUT2D eigenvalue weighted by molar-refractivity contribution is 7.89. The number of hydrogen-bond acceptors (Lipinski definition) is 5. The van der Waals surface area contributed by atoms with Gasteiger partial charge in [-0.2, -0.15) is 0 Å². The zero-order valence-electron chi connectivity index (χ0n) is 9.62. The SMILES string of the molecule is CC1OCCC1NS(=O)(=O)c1csc(C(=O)O)c1. The monoisotopic (exact) mass is 291 g/mol. The maximum atomic E-state index is 12.0. The van der Waals surface area contributed by atoms with E-state index in [1.807, 2.05) is 0 Å². The zero-order valence-corrected chi connectivity index (χ0v) is 11.3. The van der Waals surface area contributed by atoms with Crippen molar-refractivity contribution in [3.05, 3.63) is 16.3 Å². The average molecular weight is 291 g/mol. The van der Waals surface area contributed by atoms with Gasteiger partial charge in [-0.25, -0.2) is 17.9 Å². The summed E-state index contributed by atoms with van der Waals surface area (Å²) in [4.78, 5) is 10.7. The number of nitrogens with one attached hydrogen (secondary N) is 1. The van der Waals surface area contributed by atoms with Crippen molar-refractivity contribution in [3.63, 3.8) is 0 Å². The van der Waals surface area contributed by atoms with Gasteiger partial charge in [-0.15, -0.1) is 11.3 Å². The fourth-order valence-electron chi connectivity index (χ4n) is 1.73. The number of aromatic carboxylic acids is 1. The molecule has 2 atom stereocenters. The smallest absolute Gasteiger partial charge is 0.345 e. The summed E-state index contributed by atoms with van der Waals surface area (Å²) < 4.78 is 31.8. The molecule has 18 heavy (non-hydrogen) atoms. The number of carboxylic acids is 1. The van der Waals surface area contributed by atoms with Crippen LogP contribution in [0.1, 0.15) is 23.0 Å². The molecular formula is C10H13NO5S2. The van der Waals surface area contributed by atoms with Gasteiger partial charge in [0.2, 0.25) is 10.0 Å². The van der Waals surface area contributed by atoms with Crippen LogP contribution >= 0.6 is 11.3 Å². The van der Waals surface area contributed by atoms with Gasteiger partial charge in [-0.1, -0.05) is 0 Å². The maximum absolute atomic E-state index is 12.0. The van der Waals surface area contributed by atoms with Crippen molar-refractivity contribution >= 4 is 27.3 Å². The van der Waals surface area contributed by atoms with E-state index in [1.165, 1.54) is 5.38 Å². The Balaban J connectivity index is 2.17. The summed E-state index contributed by atoms with van der Waals surface area (Å²) in [5, 5.41) is 10.1. The molecule has 6 nitrogen and oxygen atoms in total. The lowest BCUT2D eigenvalue weighted by molar-refractivity contribution is 0.0702. The third kappa shape index (κ3) is 2.72. The molecule has 2 unspecified atom stereocenters. The fourth-order valence-corrected chi connectivity index (χ4v) is 4.18. The summed E-state index contributed by atoms with van der Waals surface area (Å²) in [6.45, 7) is 2.33. The van der Waals surface area contributed by atoms with Crippen LogP contribution < -0.4 is 4.72 Å². The number of carboxylic acid groups (broad SMARTS) is 1. The summed E-state index contributed by atoms with van der Waals surface area (Å²) in [5.41, 5.74) is 0. The summed E-state index contributed by atoms with van der Waals surface area (Å²) in [6.07, 6.45) is 0.452. The highest BCUT2D eigenvalue weighted by Crippen LogP contribution is 2.21. The van der Waals surface area contributed by atoms with Crippen LogP contribution in [0.15, 0.2) is 16.3 Å². The second kappa shape index (κ2) is 4.96. The van der Waals surface area contributed by atoms with Crippen LogP contribution in [0.5, 0.6) is 0 Å². The molecule has 1 saturated heterocycles. The molecule has 2 rings (SSSR count). The molecule has 1 aromatic rings. The summed E-state index contributed by atoms with van der Waals surface area (Å²) in [7, 11) is -3.67. The van der Waals surface area contributed by atoms with E-state index in [1.54, 1.807) is 6.92 Å². The van der Waals surface area contributed by atoms with E-state index in [-0.39, 0.29) is 21.9 Å². The quantitative estimate of drug-likeness (QED) is 0.860.